The van der Waals surface area contributed by atoms with Crippen LogP contribution in [-0.4, -0.2) is 53.4 Å². The van der Waals surface area contributed by atoms with E-state index in [1.54, 1.807) is 0 Å². The van der Waals surface area contributed by atoms with Crippen LogP contribution < -0.4 is 14.1 Å². The second-order valence-corrected chi connectivity index (χ2v) is 3.17. The van der Waals surface area contributed by atoms with Crippen LogP contribution in [0.3, 0.4) is 0 Å². The first-order valence-corrected chi connectivity index (χ1v) is 5.10. The maximum absolute atomic E-state index is 12.0. The van der Waals surface area contributed by atoms with Crippen molar-refractivity contribution in [1.29, 1.82) is 0 Å². The molecule has 0 atom stereocenters. The molecule has 2 N–H and O–H groups in total. The van der Waals surface area contributed by atoms with E-state index < -0.39 is 51.0 Å². The molecule has 0 unspecified atom stereocenters. The summed E-state index contributed by atoms with van der Waals surface area (Å²) in [6.45, 7) is -2.07. The van der Waals surface area contributed by atoms with Gasteiger partial charge < -0.3 is 24.2 Å². The average molecular weight is 300 g/mol. The van der Waals surface area contributed by atoms with Gasteiger partial charge in [-0.3, -0.25) is 0 Å². The molecule has 0 spiro atoms. The summed E-state index contributed by atoms with van der Waals surface area (Å²) < 4.78 is 61.3. The minimum Gasteiger partial charge on any atom is -0.507 e. The molecule has 7 nitrogen and oxygen atoms in total. The van der Waals surface area contributed by atoms with Gasteiger partial charge in [0.25, 0.3) is 18.7 Å². The number of ether oxygens (including phenoxy) is 2. The molecular weight excluding hydrogens is 291 g/mol. The van der Waals surface area contributed by atoms with Crippen LogP contribution in [-0.2, 0) is 0 Å². The zero-order valence-corrected chi connectivity index (χ0v) is 9.75. The molecular formula is C8H9BF4N2O5. The highest BCUT2D eigenvalue weighted by atomic mass is 19.3. The Labute approximate surface area is 110 Å². The first kappa shape index (κ1) is 16.2. The van der Waals surface area contributed by atoms with Gasteiger partial charge in [0, 0.05) is 0 Å². The fraction of sp³-hybridized carbons (Fsp3) is 0.500. The molecule has 1 heterocycles. The summed E-state index contributed by atoms with van der Waals surface area (Å²) in [7, 11) is -2.26. The highest BCUT2D eigenvalue weighted by Crippen LogP contribution is 2.26. The van der Waals surface area contributed by atoms with Crippen molar-refractivity contribution in [3.05, 3.63) is 6.20 Å². The molecule has 0 aromatic carbocycles. The van der Waals surface area contributed by atoms with Gasteiger partial charge in [0.2, 0.25) is 0 Å². The van der Waals surface area contributed by atoms with Crippen LogP contribution in [0.2, 0.25) is 0 Å². The lowest BCUT2D eigenvalue weighted by Gasteiger charge is -2.12. The molecule has 1 aromatic rings. The fourth-order valence-electron chi connectivity index (χ4n) is 0.987. The zero-order chi connectivity index (χ0) is 15.1. The quantitative estimate of drug-likeness (QED) is 0.520. The molecule has 0 fully saturated rings. The smallest absolute Gasteiger partial charge is 0.507 e. The second kappa shape index (κ2) is 7.70. The van der Waals surface area contributed by atoms with Gasteiger partial charge in [0.15, 0.2) is 19.0 Å². The Morgan fingerprint density at radius 2 is 1.70 bits per heavy atom. The van der Waals surface area contributed by atoms with E-state index in [4.69, 9.17) is 10.0 Å². The molecule has 1 rings (SSSR count). The van der Waals surface area contributed by atoms with Crippen molar-refractivity contribution >= 4 is 7.32 Å². The Balaban J connectivity index is 2.83. The number of rotatable bonds is 8. The number of halogens is 4. The lowest BCUT2D eigenvalue weighted by molar-refractivity contribution is 0.0708. The van der Waals surface area contributed by atoms with Gasteiger partial charge in [-0.1, -0.05) is 0 Å². The largest absolute Gasteiger partial charge is 0.707 e. The van der Waals surface area contributed by atoms with Crippen molar-refractivity contribution in [2.45, 2.75) is 12.9 Å². The summed E-state index contributed by atoms with van der Waals surface area (Å²) in [6, 6.07) is -0.561. The van der Waals surface area contributed by atoms with E-state index in [0.29, 0.717) is 0 Å². The van der Waals surface area contributed by atoms with Crippen LogP contribution in [0.1, 0.15) is 0 Å². The predicted octanol–water partition coefficient (Wildman–Crippen LogP) is 0.113. The van der Waals surface area contributed by atoms with Crippen molar-refractivity contribution in [3.8, 4) is 17.6 Å². The molecule has 0 amide bonds. The SMILES string of the molecule is OB(O)Oc1cnc(OCC(F)F)nc1OCC(F)F. The topological polar surface area (TPSA) is 93.9 Å². The van der Waals surface area contributed by atoms with Crippen LogP contribution in [0.4, 0.5) is 17.6 Å². The standard InChI is InChI=1S/C8H9BF4N2O5/c10-5(11)2-18-7-4(20-9(16)17)1-14-8(15-7)19-3-6(12)13/h1,5-6,16-17H,2-3H2. The number of hydrogen-bond donors (Lipinski definition) is 2. The van der Waals surface area contributed by atoms with Gasteiger partial charge in [-0.05, 0) is 0 Å². The van der Waals surface area contributed by atoms with E-state index in [1.165, 1.54) is 0 Å². The lowest BCUT2D eigenvalue weighted by atomic mass is 10.2. The maximum Gasteiger partial charge on any atom is 0.707 e. The molecule has 0 radical (unpaired) electrons. The van der Waals surface area contributed by atoms with Crippen molar-refractivity contribution in [2.75, 3.05) is 13.2 Å². The van der Waals surface area contributed by atoms with E-state index >= 15 is 0 Å². The number of aromatic nitrogens is 2. The van der Waals surface area contributed by atoms with Gasteiger partial charge in [-0.15, -0.1) is 0 Å². The van der Waals surface area contributed by atoms with E-state index in [9.17, 15) is 17.6 Å². The molecule has 0 bridgehead atoms. The van der Waals surface area contributed by atoms with Gasteiger partial charge >= 0.3 is 13.3 Å². The Morgan fingerprint density at radius 3 is 2.25 bits per heavy atom. The summed E-state index contributed by atoms with van der Waals surface area (Å²) in [5.41, 5.74) is 0. The van der Waals surface area contributed by atoms with Crippen LogP contribution in [0.15, 0.2) is 6.20 Å². The first-order chi connectivity index (χ1) is 9.38. The Kier molecular flexibility index (Phi) is 6.25. The van der Waals surface area contributed by atoms with Gasteiger partial charge in [0.05, 0.1) is 6.20 Å². The summed E-state index contributed by atoms with van der Waals surface area (Å²) in [4.78, 5) is 6.81. The third-order valence-corrected chi connectivity index (χ3v) is 1.62. The van der Waals surface area contributed by atoms with E-state index in [2.05, 4.69) is 24.1 Å². The summed E-state index contributed by atoms with van der Waals surface area (Å²) in [5.74, 6) is -1.07. The molecule has 12 heteroatoms. The Bertz CT molecular complexity index is 426. The van der Waals surface area contributed by atoms with Crippen molar-refractivity contribution in [1.82, 2.24) is 9.97 Å². The minimum atomic E-state index is -2.83. The molecule has 0 saturated heterocycles. The van der Waals surface area contributed by atoms with Crippen molar-refractivity contribution in [2.24, 2.45) is 0 Å². The number of alkyl halides is 4. The van der Waals surface area contributed by atoms with Crippen LogP contribution in [0.5, 0.6) is 17.6 Å². The number of hydrogen-bond acceptors (Lipinski definition) is 7. The minimum absolute atomic E-state index is 0.468. The predicted molar refractivity (Wildman–Crippen MR) is 55.8 cm³/mol. The van der Waals surface area contributed by atoms with E-state index in [1.807, 2.05) is 0 Å². The van der Waals surface area contributed by atoms with Gasteiger partial charge in [-0.25, -0.2) is 17.6 Å². The van der Waals surface area contributed by atoms with Crippen molar-refractivity contribution in [3.63, 3.8) is 0 Å². The molecule has 0 aliphatic carbocycles. The maximum atomic E-state index is 12.0. The van der Waals surface area contributed by atoms with Gasteiger partial charge in [-0.2, -0.15) is 9.97 Å². The summed E-state index contributed by atoms with van der Waals surface area (Å²) >= 11 is 0. The normalized spacial score (nSPS) is 10.8. The van der Waals surface area contributed by atoms with Crippen molar-refractivity contribution < 1.29 is 41.7 Å². The average Bonchev–Trinajstić information content (AvgIpc) is 2.35. The molecule has 0 aliphatic rings. The van der Waals surface area contributed by atoms with E-state index in [-0.39, 0.29) is 0 Å². The molecule has 0 aliphatic heterocycles. The molecule has 20 heavy (non-hydrogen) atoms. The van der Waals surface area contributed by atoms with Crippen LogP contribution in [0, 0.1) is 0 Å². The second-order valence-electron chi connectivity index (χ2n) is 3.17. The molecule has 0 saturated carbocycles. The number of nitrogens with zero attached hydrogens (tertiary/aromatic N) is 2. The summed E-state index contributed by atoms with van der Waals surface area (Å²) in [6.07, 6.45) is -4.81. The first-order valence-electron chi connectivity index (χ1n) is 5.10. The third kappa shape index (κ3) is 5.88. The van der Waals surface area contributed by atoms with Gasteiger partial charge in [0.1, 0.15) is 0 Å². The third-order valence-electron chi connectivity index (χ3n) is 1.62. The lowest BCUT2D eigenvalue weighted by Crippen LogP contribution is -2.22. The van der Waals surface area contributed by atoms with E-state index in [0.717, 1.165) is 6.20 Å². The molecule has 1 aromatic heterocycles. The van der Waals surface area contributed by atoms with Crippen LogP contribution in [0.25, 0.3) is 0 Å². The Hall–Kier alpha value is -1.82. The molecule has 112 valence electrons. The highest BCUT2D eigenvalue weighted by molar-refractivity contribution is 6.33. The highest BCUT2D eigenvalue weighted by Gasteiger charge is 2.19. The Morgan fingerprint density at radius 1 is 1.10 bits per heavy atom. The zero-order valence-electron chi connectivity index (χ0n) is 9.75. The van der Waals surface area contributed by atoms with Crippen LogP contribution >= 0.6 is 0 Å². The monoisotopic (exact) mass is 300 g/mol. The summed E-state index contributed by atoms with van der Waals surface area (Å²) in [5, 5.41) is 17.2. The fourth-order valence-corrected chi connectivity index (χ4v) is 0.987.